The zero-order chi connectivity index (χ0) is 9.47. The summed E-state index contributed by atoms with van der Waals surface area (Å²) in [4.78, 5) is 2.63. The van der Waals surface area contributed by atoms with Gasteiger partial charge in [0.05, 0.1) is 0 Å². The third-order valence-electron chi connectivity index (χ3n) is 3.62. The van der Waals surface area contributed by atoms with E-state index in [1.807, 2.05) is 0 Å². The molecule has 1 aliphatic heterocycles. The van der Waals surface area contributed by atoms with Crippen molar-refractivity contribution < 1.29 is 0 Å². The molecule has 2 aliphatic rings. The van der Waals surface area contributed by atoms with E-state index in [1.54, 1.807) is 0 Å². The molecule has 2 rings (SSSR count). The SMILES string of the molecule is CC(C)N1CCCC1CC1(N)CC1. The molecule has 0 amide bonds. The first-order chi connectivity index (χ1) is 6.11. The molecule has 1 unspecified atom stereocenters. The van der Waals surface area contributed by atoms with E-state index in [2.05, 4.69) is 18.7 Å². The predicted octanol–water partition coefficient (Wildman–Crippen LogP) is 1.74. The summed E-state index contributed by atoms with van der Waals surface area (Å²) in [7, 11) is 0. The summed E-state index contributed by atoms with van der Waals surface area (Å²) >= 11 is 0. The third-order valence-corrected chi connectivity index (χ3v) is 3.62. The lowest BCUT2D eigenvalue weighted by Gasteiger charge is -2.30. The Hall–Kier alpha value is -0.0800. The molecule has 0 radical (unpaired) electrons. The van der Waals surface area contributed by atoms with Gasteiger partial charge in [0.2, 0.25) is 0 Å². The zero-order valence-corrected chi connectivity index (χ0v) is 8.92. The Balaban J connectivity index is 1.90. The Morgan fingerprint density at radius 3 is 2.69 bits per heavy atom. The number of nitrogens with zero attached hydrogens (tertiary/aromatic N) is 1. The molecule has 76 valence electrons. The summed E-state index contributed by atoms with van der Waals surface area (Å²) in [5.41, 5.74) is 6.40. The molecule has 2 nitrogen and oxygen atoms in total. The van der Waals surface area contributed by atoms with Crippen molar-refractivity contribution in [2.75, 3.05) is 6.54 Å². The molecule has 0 spiro atoms. The van der Waals surface area contributed by atoms with Gasteiger partial charge in [-0.25, -0.2) is 0 Å². The van der Waals surface area contributed by atoms with Gasteiger partial charge < -0.3 is 5.73 Å². The van der Waals surface area contributed by atoms with E-state index < -0.39 is 0 Å². The molecular formula is C11H22N2. The highest BCUT2D eigenvalue weighted by Crippen LogP contribution is 2.40. The zero-order valence-electron chi connectivity index (χ0n) is 8.92. The molecule has 0 aromatic heterocycles. The molecule has 1 saturated carbocycles. The number of hydrogen-bond acceptors (Lipinski definition) is 2. The second-order valence-corrected chi connectivity index (χ2v) is 5.19. The molecule has 1 heterocycles. The molecule has 0 bridgehead atoms. The minimum Gasteiger partial charge on any atom is -0.325 e. The molecule has 13 heavy (non-hydrogen) atoms. The van der Waals surface area contributed by atoms with Crippen LogP contribution >= 0.6 is 0 Å². The maximum absolute atomic E-state index is 6.16. The average Bonchev–Trinajstić information content (AvgIpc) is 2.63. The smallest absolute Gasteiger partial charge is 0.0170 e. The summed E-state index contributed by atoms with van der Waals surface area (Å²) in [6.45, 7) is 5.89. The van der Waals surface area contributed by atoms with Gasteiger partial charge in [-0.2, -0.15) is 0 Å². The maximum atomic E-state index is 6.16. The molecule has 2 heteroatoms. The van der Waals surface area contributed by atoms with Gasteiger partial charge in [0.1, 0.15) is 0 Å². The molecular weight excluding hydrogens is 160 g/mol. The van der Waals surface area contributed by atoms with Crippen LogP contribution in [0.3, 0.4) is 0 Å². The Morgan fingerprint density at radius 2 is 2.15 bits per heavy atom. The summed E-state index contributed by atoms with van der Waals surface area (Å²) in [5, 5.41) is 0. The third kappa shape index (κ3) is 2.05. The fraction of sp³-hybridized carbons (Fsp3) is 1.00. The molecule has 0 aromatic rings. The minimum atomic E-state index is 0.238. The molecule has 1 aliphatic carbocycles. The summed E-state index contributed by atoms with van der Waals surface area (Å²) < 4.78 is 0. The van der Waals surface area contributed by atoms with Crippen molar-refractivity contribution in [3.8, 4) is 0 Å². The van der Waals surface area contributed by atoms with Crippen molar-refractivity contribution in [2.24, 2.45) is 5.73 Å². The topological polar surface area (TPSA) is 29.3 Å². The van der Waals surface area contributed by atoms with Crippen LogP contribution in [0.2, 0.25) is 0 Å². The van der Waals surface area contributed by atoms with Crippen LogP contribution in [-0.2, 0) is 0 Å². The quantitative estimate of drug-likeness (QED) is 0.720. The number of hydrogen-bond donors (Lipinski definition) is 1. The monoisotopic (exact) mass is 182 g/mol. The Kier molecular flexibility index (Phi) is 2.37. The lowest BCUT2D eigenvalue weighted by molar-refractivity contribution is 0.185. The van der Waals surface area contributed by atoms with E-state index in [1.165, 1.54) is 38.6 Å². The van der Waals surface area contributed by atoms with Crippen molar-refractivity contribution in [3.63, 3.8) is 0 Å². The number of likely N-dealkylation sites (tertiary alicyclic amines) is 1. The van der Waals surface area contributed by atoms with Crippen molar-refractivity contribution in [1.29, 1.82) is 0 Å². The Bertz CT molecular complexity index is 185. The van der Waals surface area contributed by atoms with Gasteiger partial charge in [0, 0.05) is 17.6 Å². The van der Waals surface area contributed by atoms with Crippen molar-refractivity contribution >= 4 is 0 Å². The normalized spacial score (nSPS) is 32.8. The lowest BCUT2D eigenvalue weighted by atomic mass is 10.0. The summed E-state index contributed by atoms with van der Waals surface area (Å²) in [5.74, 6) is 0. The van der Waals surface area contributed by atoms with Crippen LogP contribution in [0.1, 0.15) is 46.0 Å². The lowest BCUT2D eigenvalue weighted by Crippen LogP contribution is -2.40. The van der Waals surface area contributed by atoms with Gasteiger partial charge in [0.25, 0.3) is 0 Å². The molecule has 1 atom stereocenters. The van der Waals surface area contributed by atoms with Crippen LogP contribution in [-0.4, -0.2) is 29.1 Å². The van der Waals surface area contributed by atoms with Crippen LogP contribution in [0, 0.1) is 0 Å². The van der Waals surface area contributed by atoms with Crippen LogP contribution < -0.4 is 5.73 Å². The first-order valence-electron chi connectivity index (χ1n) is 5.65. The second-order valence-electron chi connectivity index (χ2n) is 5.19. The van der Waals surface area contributed by atoms with Gasteiger partial charge >= 0.3 is 0 Å². The molecule has 2 fully saturated rings. The highest BCUT2D eigenvalue weighted by Gasteiger charge is 2.42. The van der Waals surface area contributed by atoms with Gasteiger partial charge in [-0.05, 0) is 52.5 Å². The fourth-order valence-corrected chi connectivity index (χ4v) is 2.59. The first-order valence-corrected chi connectivity index (χ1v) is 5.65. The van der Waals surface area contributed by atoms with E-state index in [4.69, 9.17) is 5.73 Å². The van der Waals surface area contributed by atoms with E-state index in [-0.39, 0.29) is 5.54 Å². The molecule has 0 aromatic carbocycles. The van der Waals surface area contributed by atoms with Crippen LogP contribution in [0.15, 0.2) is 0 Å². The first kappa shape index (κ1) is 9.47. The van der Waals surface area contributed by atoms with Crippen molar-refractivity contribution in [1.82, 2.24) is 4.90 Å². The van der Waals surface area contributed by atoms with E-state index in [0.717, 1.165) is 6.04 Å². The van der Waals surface area contributed by atoms with E-state index in [9.17, 15) is 0 Å². The average molecular weight is 182 g/mol. The standard InChI is InChI=1S/C11H22N2/c1-9(2)13-7-3-4-10(13)8-11(12)5-6-11/h9-10H,3-8,12H2,1-2H3. The molecule has 1 saturated heterocycles. The fourth-order valence-electron chi connectivity index (χ4n) is 2.59. The van der Waals surface area contributed by atoms with Crippen LogP contribution in [0.4, 0.5) is 0 Å². The molecule has 2 N–H and O–H groups in total. The van der Waals surface area contributed by atoms with Gasteiger partial charge in [-0.1, -0.05) is 0 Å². The van der Waals surface area contributed by atoms with E-state index >= 15 is 0 Å². The highest BCUT2D eigenvalue weighted by atomic mass is 15.2. The van der Waals surface area contributed by atoms with Gasteiger partial charge in [-0.15, -0.1) is 0 Å². The minimum absolute atomic E-state index is 0.238. The van der Waals surface area contributed by atoms with Crippen molar-refractivity contribution in [2.45, 2.75) is 63.6 Å². The summed E-state index contributed by atoms with van der Waals surface area (Å²) in [6, 6.07) is 1.49. The van der Waals surface area contributed by atoms with Crippen LogP contribution in [0.25, 0.3) is 0 Å². The Morgan fingerprint density at radius 1 is 1.46 bits per heavy atom. The number of rotatable bonds is 3. The van der Waals surface area contributed by atoms with Crippen molar-refractivity contribution in [3.05, 3.63) is 0 Å². The highest BCUT2D eigenvalue weighted by molar-refractivity contribution is 5.02. The van der Waals surface area contributed by atoms with Gasteiger partial charge in [0.15, 0.2) is 0 Å². The van der Waals surface area contributed by atoms with Gasteiger partial charge in [-0.3, -0.25) is 4.90 Å². The largest absolute Gasteiger partial charge is 0.325 e. The maximum Gasteiger partial charge on any atom is 0.0170 e. The summed E-state index contributed by atoms with van der Waals surface area (Å²) in [6.07, 6.45) is 6.51. The van der Waals surface area contributed by atoms with E-state index in [0.29, 0.717) is 6.04 Å². The van der Waals surface area contributed by atoms with Crippen LogP contribution in [0.5, 0.6) is 0 Å². The predicted molar refractivity (Wildman–Crippen MR) is 55.6 cm³/mol. The second kappa shape index (κ2) is 3.25. The Labute approximate surface area is 81.5 Å². The number of nitrogens with two attached hydrogens (primary N) is 1.